The van der Waals surface area contributed by atoms with Crippen LogP contribution in [0.4, 0.5) is 0 Å². The highest BCUT2D eigenvalue weighted by molar-refractivity contribution is 5.60. The van der Waals surface area contributed by atoms with Gasteiger partial charge in [-0.2, -0.15) is 0 Å². The predicted molar refractivity (Wildman–Crippen MR) is 76.2 cm³/mol. The first-order valence-electron chi connectivity index (χ1n) is 7.01. The third-order valence-corrected chi connectivity index (χ3v) is 3.81. The second kappa shape index (κ2) is 6.83. The number of benzene rings is 1. The van der Waals surface area contributed by atoms with Gasteiger partial charge in [-0.3, -0.25) is 0 Å². The van der Waals surface area contributed by atoms with Crippen molar-refractivity contribution in [3.05, 3.63) is 35.9 Å². The Morgan fingerprint density at radius 1 is 1.37 bits per heavy atom. The highest BCUT2D eigenvalue weighted by Crippen LogP contribution is 2.27. The smallest absolute Gasteiger partial charge is 0.129 e. The molecule has 19 heavy (non-hydrogen) atoms. The summed E-state index contributed by atoms with van der Waals surface area (Å²) in [6, 6.07) is 10.5. The van der Waals surface area contributed by atoms with Crippen LogP contribution in [0.3, 0.4) is 0 Å². The molecule has 1 aromatic carbocycles. The van der Waals surface area contributed by atoms with Gasteiger partial charge in [-0.15, -0.1) is 0 Å². The van der Waals surface area contributed by atoms with Crippen LogP contribution in [0.2, 0.25) is 0 Å². The molecule has 2 rings (SSSR count). The molecule has 0 radical (unpaired) electrons. The van der Waals surface area contributed by atoms with E-state index in [0.717, 1.165) is 45.2 Å². The molecule has 1 unspecified atom stereocenters. The molecule has 104 valence electrons. The number of rotatable bonds is 6. The van der Waals surface area contributed by atoms with Crippen LogP contribution >= 0.6 is 0 Å². The lowest BCUT2D eigenvalue weighted by Gasteiger charge is -2.35. The largest absolute Gasteiger partial charge is 0.380 e. The van der Waals surface area contributed by atoms with Crippen molar-refractivity contribution in [3.63, 3.8) is 0 Å². The Labute approximate surface area is 115 Å². The summed E-state index contributed by atoms with van der Waals surface area (Å²) in [5, 5.41) is 0. The fourth-order valence-electron chi connectivity index (χ4n) is 2.71. The summed E-state index contributed by atoms with van der Waals surface area (Å²) in [5.74, 6) is 0. The van der Waals surface area contributed by atoms with Crippen molar-refractivity contribution in [2.24, 2.45) is 5.41 Å². The van der Waals surface area contributed by atoms with Gasteiger partial charge in [0.15, 0.2) is 0 Å². The van der Waals surface area contributed by atoms with Gasteiger partial charge in [0.1, 0.15) is 6.29 Å². The van der Waals surface area contributed by atoms with Gasteiger partial charge in [0, 0.05) is 19.7 Å². The van der Waals surface area contributed by atoms with Crippen LogP contribution in [-0.4, -0.2) is 44.5 Å². The Morgan fingerprint density at radius 2 is 2.16 bits per heavy atom. The SMILES string of the molecule is CN(CCc1ccccc1)CC1(C=O)CCCOC1. The first-order chi connectivity index (χ1) is 9.24. The average molecular weight is 261 g/mol. The third kappa shape index (κ3) is 4.15. The molecule has 1 aromatic rings. The highest BCUT2D eigenvalue weighted by Gasteiger charge is 2.33. The zero-order chi connectivity index (χ0) is 13.6. The van der Waals surface area contributed by atoms with Crippen LogP contribution in [0.5, 0.6) is 0 Å². The van der Waals surface area contributed by atoms with Crippen molar-refractivity contribution in [1.29, 1.82) is 0 Å². The van der Waals surface area contributed by atoms with Crippen molar-refractivity contribution in [2.45, 2.75) is 19.3 Å². The van der Waals surface area contributed by atoms with Crippen molar-refractivity contribution in [2.75, 3.05) is 33.4 Å². The molecule has 3 heteroatoms. The third-order valence-electron chi connectivity index (χ3n) is 3.81. The lowest BCUT2D eigenvalue weighted by molar-refractivity contribution is -0.125. The quantitative estimate of drug-likeness (QED) is 0.735. The van der Waals surface area contributed by atoms with Crippen LogP contribution in [-0.2, 0) is 16.0 Å². The molecule has 1 saturated heterocycles. The van der Waals surface area contributed by atoms with Crippen LogP contribution in [0.25, 0.3) is 0 Å². The summed E-state index contributed by atoms with van der Waals surface area (Å²) in [4.78, 5) is 13.6. The second-order valence-electron chi connectivity index (χ2n) is 5.61. The maximum absolute atomic E-state index is 11.4. The Balaban J connectivity index is 1.82. The summed E-state index contributed by atoms with van der Waals surface area (Å²) in [5.41, 5.74) is 1.05. The van der Waals surface area contributed by atoms with E-state index < -0.39 is 0 Å². The zero-order valence-corrected chi connectivity index (χ0v) is 11.7. The monoisotopic (exact) mass is 261 g/mol. The molecule has 1 fully saturated rings. The topological polar surface area (TPSA) is 29.5 Å². The molecule has 0 saturated carbocycles. The fourth-order valence-corrected chi connectivity index (χ4v) is 2.71. The van der Waals surface area contributed by atoms with Gasteiger partial charge >= 0.3 is 0 Å². The normalized spacial score (nSPS) is 23.5. The number of hydrogen-bond donors (Lipinski definition) is 0. The van der Waals surface area contributed by atoms with Gasteiger partial charge in [-0.05, 0) is 31.9 Å². The lowest BCUT2D eigenvalue weighted by atomic mass is 9.83. The molecule has 1 heterocycles. The Kier molecular flexibility index (Phi) is 5.11. The molecular formula is C16H23NO2. The van der Waals surface area contributed by atoms with Gasteiger partial charge < -0.3 is 14.4 Å². The minimum absolute atomic E-state index is 0.288. The summed E-state index contributed by atoms with van der Waals surface area (Å²) < 4.78 is 5.48. The molecule has 1 aliphatic heterocycles. The first kappa shape index (κ1) is 14.2. The average Bonchev–Trinajstić information content (AvgIpc) is 2.47. The Hall–Kier alpha value is -1.19. The minimum Gasteiger partial charge on any atom is -0.380 e. The maximum Gasteiger partial charge on any atom is 0.129 e. The highest BCUT2D eigenvalue weighted by atomic mass is 16.5. The standard InChI is InChI=1S/C16H23NO2/c1-17(10-8-15-6-3-2-4-7-15)12-16(13-18)9-5-11-19-14-16/h2-4,6-7,13H,5,8-12,14H2,1H3. The molecular weight excluding hydrogens is 238 g/mol. The van der Waals surface area contributed by atoms with E-state index in [2.05, 4.69) is 36.2 Å². The van der Waals surface area contributed by atoms with E-state index in [1.807, 2.05) is 6.07 Å². The molecule has 0 aromatic heterocycles. The summed E-state index contributed by atoms with van der Waals surface area (Å²) in [7, 11) is 2.09. The van der Waals surface area contributed by atoms with E-state index in [0.29, 0.717) is 6.61 Å². The molecule has 0 amide bonds. The van der Waals surface area contributed by atoms with Gasteiger partial charge in [-0.25, -0.2) is 0 Å². The molecule has 3 nitrogen and oxygen atoms in total. The van der Waals surface area contributed by atoms with Crippen molar-refractivity contribution in [1.82, 2.24) is 4.90 Å². The number of ether oxygens (including phenoxy) is 1. The van der Waals surface area contributed by atoms with E-state index in [-0.39, 0.29) is 5.41 Å². The van der Waals surface area contributed by atoms with Crippen LogP contribution < -0.4 is 0 Å². The van der Waals surface area contributed by atoms with Crippen molar-refractivity contribution in [3.8, 4) is 0 Å². The summed E-state index contributed by atoms with van der Waals surface area (Å²) in [6.45, 7) is 3.14. The van der Waals surface area contributed by atoms with E-state index in [9.17, 15) is 4.79 Å². The molecule has 0 aliphatic carbocycles. The van der Waals surface area contributed by atoms with E-state index in [1.165, 1.54) is 5.56 Å². The van der Waals surface area contributed by atoms with Crippen molar-refractivity contribution < 1.29 is 9.53 Å². The lowest BCUT2D eigenvalue weighted by Crippen LogP contribution is -2.43. The Morgan fingerprint density at radius 3 is 2.79 bits per heavy atom. The summed E-state index contributed by atoms with van der Waals surface area (Å²) >= 11 is 0. The number of likely N-dealkylation sites (N-methyl/N-ethyl adjacent to an activating group) is 1. The maximum atomic E-state index is 11.4. The van der Waals surface area contributed by atoms with Crippen LogP contribution in [0.1, 0.15) is 18.4 Å². The van der Waals surface area contributed by atoms with Gasteiger partial charge in [-0.1, -0.05) is 30.3 Å². The molecule has 0 spiro atoms. The number of carbonyl (C=O) groups excluding carboxylic acids is 1. The first-order valence-corrected chi connectivity index (χ1v) is 7.01. The van der Waals surface area contributed by atoms with E-state index in [1.54, 1.807) is 0 Å². The number of aldehydes is 1. The van der Waals surface area contributed by atoms with Gasteiger partial charge in [0.05, 0.1) is 12.0 Å². The molecule has 0 N–H and O–H groups in total. The molecule has 1 aliphatic rings. The minimum atomic E-state index is -0.288. The fraction of sp³-hybridized carbons (Fsp3) is 0.562. The number of carbonyl (C=O) groups is 1. The number of hydrogen-bond acceptors (Lipinski definition) is 3. The zero-order valence-electron chi connectivity index (χ0n) is 11.7. The second-order valence-corrected chi connectivity index (χ2v) is 5.61. The van der Waals surface area contributed by atoms with E-state index >= 15 is 0 Å². The van der Waals surface area contributed by atoms with Crippen LogP contribution in [0, 0.1) is 5.41 Å². The number of nitrogens with zero attached hydrogens (tertiary/aromatic N) is 1. The molecule has 0 bridgehead atoms. The predicted octanol–water partition coefficient (Wildman–Crippen LogP) is 2.16. The van der Waals surface area contributed by atoms with Gasteiger partial charge in [0.2, 0.25) is 0 Å². The van der Waals surface area contributed by atoms with Crippen LogP contribution in [0.15, 0.2) is 30.3 Å². The summed E-state index contributed by atoms with van der Waals surface area (Å²) in [6.07, 6.45) is 4.07. The van der Waals surface area contributed by atoms with Crippen molar-refractivity contribution >= 4 is 6.29 Å². The molecule has 1 atom stereocenters. The van der Waals surface area contributed by atoms with Gasteiger partial charge in [0.25, 0.3) is 0 Å². The Bertz CT molecular complexity index is 385. The van der Waals surface area contributed by atoms with E-state index in [4.69, 9.17) is 4.74 Å².